The molecular formula is C22H31NO4. The molecule has 0 saturated heterocycles. The first kappa shape index (κ1) is 18.8. The Morgan fingerprint density at radius 1 is 1.22 bits per heavy atom. The van der Waals surface area contributed by atoms with E-state index in [1.807, 2.05) is 6.08 Å². The van der Waals surface area contributed by atoms with Gasteiger partial charge in [-0.15, -0.1) is 0 Å². The summed E-state index contributed by atoms with van der Waals surface area (Å²) in [6.45, 7) is 6.13. The first-order valence-electron chi connectivity index (χ1n) is 10.5. The van der Waals surface area contributed by atoms with Crippen LogP contribution in [0.3, 0.4) is 0 Å². The van der Waals surface area contributed by atoms with Gasteiger partial charge in [0, 0.05) is 23.2 Å². The average Bonchev–Trinajstić information content (AvgIpc) is 2.86. The molecule has 0 radical (unpaired) electrons. The van der Waals surface area contributed by atoms with Crippen LogP contribution in [0.2, 0.25) is 0 Å². The van der Waals surface area contributed by atoms with Gasteiger partial charge in [-0.25, -0.2) is 0 Å². The number of carbonyl (C=O) groups excluding carboxylic acids is 2. The smallest absolute Gasteiger partial charge is 0.207 e. The second kappa shape index (κ2) is 6.25. The van der Waals surface area contributed by atoms with Crippen molar-refractivity contribution in [3.05, 3.63) is 21.8 Å². The first-order chi connectivity index (χ1) is 12.7. The minimum atomic E-state index is -0.228. The minimum Gasteiger partial charge on any atom is -0.300 e. The molecule has 0 N–H and O–H groups in total. The molecule has 4 rings (SSSR count). The number of rotatable bonds is 3. The van der Waals surface area contributed by atoms with Gasteiger partial charge < -0.3 is 0 Å². The molecule has 7 atom stereocenters. The van der Waals surface area contributed by atoms with E-state index in [1.165, 1.54) is 5.57 Å². The molecule has 5 nitrogen and oxygen atoms in total. The zero-order valence-corrected chi connectivity index (χ0v) is 16.7. The minimum absolute atomic E-state index is 0.0787. The van der Waals surface area contributed by atoms with Crippen molar-refractivity contribution in [3.63, 3.8) is 0 Å². The van der Waals surface area contributed by atoms with E-state index in [0.717, 1.165) is 38.5 Å². The maximum atomic E-state index is 12.5. The van der Waals surface area contributed by atoms with Crippen LogP contribution in [0.4, 0.5) is 0 Å². The molecule has 3 fully saturated rings. The number of Topliss-reactive ketones (excluding diaryl/α,β-unsaturated/α-hetero) is 1. The van der Waals surface area contributed by atoms with Crippen molar-refractivity contribution in [2.45, 2.75) is 65.7 Å². The fourth-order valence-electron chi connectivity index (χ4n) is 7.91. The summed E-state index contributed by atoms with van der Waals surface area (Å²) in [6, 6.07) is 0. The van der Waals surface area contributed by atoms with Crippen LogP contribution in [0.15, 0.2) is 11.6 Å². The fraction of sp³-hybridized carbons (Fsp3) is 0.818. The summed E-state index contributed by atoms with van der Waals surface area (Å²) >= 11 is 0. The highest BCUT2D eigenvalue weighted by atomic mass is 16.6. The van der Waals surface area contributed by atoms with Crippen LogP contribution < -0.4 is 0 Å². The van der Waals surface area contributed by atoms with E-state index < -0.39 is 0 Å². The van der Waals surface area contributed by atoms with Gasteiger partial charge in [0.2, 0.25) is 6.54 Å². The number of carbonyl (C=O) groups is 2. The molecule has 0 aromatic carbocycles. The van der Waals surface area contributed by atoms with E-state index >= 15 is 0 Å². The van der Waals surface area contributed by atoms with E-state index in [9.17, 15) is 19.7 Å². The standard InChI is InChI=1S/C22H31NO4/c1-13(24)20-14(12-23(26)27)10-19-17-5-4-15-11-16(25)6-8-21(15,2)18(17)7-9-22(19,20)3/h11,14,17-20H,4-10,12H2,1-3H3. The van der Waals surface area contributed by atoms with Crippen molar-refractivity contribution in [2.24, 2.45) is 40.4 Å². The van der Waals surface area contributed by atoms with E-state index in [-0.39, 0.29) is 45.7 Å². The van der Waals surface area contributed by atoms with Crippen molar-refractivity contribution in [1.82, 2.24) is 0 Å². The van der Waals surface area contributed by atoms with Gasteiger partial charge in [0.25, 0.3) is 0 Å². The van der Waals surface area contributed by atoms with Crippen LogP contribution in [0.1, 0.15) is 65.7 Å². The lowest BCUT2D eigenvalue weighted by molar-refractivity contribution is -0.489. The van der Waals surface area contributed by atoms with Gasteiger partial charge in [0.05, 0.1) is 0 Å². The highest BCUT2D eigenvalue weighted by Gasteiger charge is 2.62. The Bertz CT molecular complexity index is 728. The maximum Gasteiger partial charge on any atom is 0.207 e. The lowest BCUT2D eigenvalue weighted by atomic mass is 9.46. The third-order valence-electron chi connectivity index (χ3n) is 8.96. The van der Waals surface area contributed by atoms with Crippen LogP contribution >= 0.6 is 0 Å². The van der Waals surface area contributed by atoms with Crippen LogP contribution in [0.25, 0.3) is 0 Å². The van der Waals surface area contributed by atoms with Crippen LogP contribution in [-0.4, -0.2) is 23.0 Å². The summed E-state index contributed by atoms with van der Waals surface area (Å²) in [5.74, 6) is 1.58. The molecule has 0 aromatic heterocycles. The molecule has 0 aromatic rings. The molecule has 4 aliphatic carbocycles. The molecular weight excluding hydrogens is 342 g/mol. The zero-order chi connectivity index (χ0) is 19.6. The number of fused-ring (bicyclic) bond motifs is 5. The SMILES string of the molecule is CC(=O)C1C(C[N+](=O)[O-])CC2C3CCC4=CC(=O)CCC4(C)C3CCC21C. The van der Waals surface area contributed by atoms with E-state index in [1.54, 1.807) is 6.92 Å². The Morgan fingerprint density at radius 3 is 2.63 bits per heavy atom. The normalized spacial score (nSPS) is 46.1. The topological polar surface area (TPSA) is 77.3 Å². The molecule has 7 unspecified atom stereocenters. The first-order valence-corrected chi connectivity index (χ1v) is 10.5. The number of nitrogens with zero attached hydrogens (tertiary/aromatic N) is 1. The highest BCUT2D eigenvalue weighted by Crippen LogP contribution is 2.67. The molecule has 0 bridgehead atoms. The van der Waals surface area contributed by atoms with Gasteiger partial charge in [0.15, 0.2) is 5.78 Å². The van der Waals surface area contributed by atoms with Gasteiger partial charge in [-0.1, -0.05) is 19.4 Å². The Balaban J connectivity index is 1.68. The molecule has 3 saturated carbocycles. The molecule has 0 aliphatic heterocycles. The summed E-state index contributed by atoms with van der Waals surface area (Å²) < 4.78 is 0. The Labute approximate surface area is 161 Å². The number of nitro groups is 1. The zero-order valence-electron chi connectivity index (χ0n) is 16.7. The Hall–Kier alpha value is -1.52. The van der Waals surface area contributed by atoms with Gasteiger partial charge in [-0.3, -0.25) is 19.7 Å². The van der Waals surface area contributed by atoms with Gasteiger partial charge in [-0.05, 0) is 80.1 Å². The number of hydrogen-bond acceptors (Lipinski definition) is 4. The van der Waals surface area contributed by atoms with Crippen molar-refractivity contribution in [2.75, 3.05) is 6.54 Å². The summed E-state index contributed by atoms with van der Waals surface area (Å²) in [7, 11) is 0. The van der Waals surface area contributed by atoms with Crippen LogP contribution in [0.5, 0.6) is 0 Å². The molecule has 0 spiro atoms. The molecule has 4 aliphatic rings. The van der Waals surface area contributed by atoms with Crippen LogP contribution in [-0.2, 0) is 9.59 Å². The van der Waals surface area contributed by atoms with Gasteiger partial charge in [0.1, 0.15) is 5.78 Å². The molecule has 0 amide bonds. The summed E-state index contributed by atoms with van der Waals surface area (Å²) in [5, 5.41) is 11.2. The summed E-state index contributed by atoms with van der Waals surface area (Å²) in [5.41, 5.74) is 1.34. The van der Waals surface area contributed by atoms with E-state index in [4.69, 9.17) is 0 Å². The van der Waals surface area contributed by atoms with Crippen molar-refractivity contribution in [3.8, 4) is 0 Å². The fourth-order valence-corrected chi connectivity index (χ4v) is 7.91. The lowest BCUT2D eigenvalue weighted by Crippen LogP contribution is -2.51. The maximum absolute atomic E-state index is 12.5. The van der Waals surface area contributed by atoms with Crippen molar-refractivity contribution >= 4 is 11.6 Å². The second-order valence-electron chi connectivity index (χ2n) is 10.1. The highest BCUT2D eigenvalue weighted by molar-refractivity contribution is 5.91. The number of allylic oxidation sites excluding steroid dienone is 1. The Kier molecular flexibility index (Phi) is 4.36. The third kappa shape index (κ3) is 2.72. The van der Waals surface area contributed by atoms with Crippen molar-refractivity contribution in [1.29, 1.82) is 0 Å². The molecule has 148 valence electrons. The predicted molar refractivity (Wildman–Crippen MR) is 102 cm³/mol. The lowest BCUT2D eigenvalue weighted by Gasteiger charge is -2.58. The van der Waals surface area contributed by atoms with Gasteiger partial charge >= 0.3 is 0 Å². The number of ketones is 2. The second-order valence-corrected chi connectivity index (χ2v) is 10.1. The van der Waals surface area contributed by atoms with Gasteiger partial charge in [-0.2, -0.15) is 0 Å². The monoisotopic (exact) mass is 373 g/mol. The quantitative estimate of drug-likeness (QED) is 0.548. The Morgan fingerprint density at radius 2 is 1.96 bits per heavy atom. The number of hydrogen-bond donors (Lipinski definition) is 0. The van der Waals surface area contributed by atoms with E-state index in [0.29, 0.717) is 24.2 Å². The summed E-state index contributed by atoms with van der Waals surface area (Å²) in [4.78, 5) is 35.5. The van der Waals surface area contributed by atoms with E-state index in [2.05, 4.69) is 13.8 Å². The predicted octanol–water partition coefficient (Wildman–Crippen LogP) is 4.23. The largest absolute Gasteiger partial charge is 0.300 e. The van der Waals surface area contributed by atoms with Crippen molar-refractivity contribution < 1.29 is 14.5 Å². The average molecular weight is 373 g/mol. The molecule has 5 heteroatoms. The third-order valence-corrected chi connectivity index (χ3v) is 8.96. The van der Waals surface area contributed by atoms with Crippen LogP contribution in [0, 0.1) is 50.5 Å². The molecule has 0 heterocycles. The molecule has 27 heavy (non-hydrogen) atoms. The summed E-state index contributed by atoms with van der Waals surface area (Å²) in [6.07, 6.45) is 8.41.